The Morgan fingerprint density at radius 3 is 2.14 bits per heavy atom. The van der Waals surface area contributed by atoms with Crippen LogP contribution in [-0.2, 0) is 14.4 Å². The molecule has 2 rings (SSSR count). The number of nitro benzene ring substituents is 1. The molecule has 0 atom stereocenters. The van der Waals surface area contributed by atoms with Gasteiger partial charge in [0.15, 0.2) is 11.7 Å². The van der Waals surface area contributed by atoms with Crippen LogP contribution in [0.4, 0.5) is 10.5 Å². The molecule has 1 aliphatic heterocycles. The third-order valence-electron chi connectivity index (χ3n) is 2.83. The molecule has 1 aromatic rings. The van der Waals surface area contributed by atoms with Crippen LogP contribution in [0, 0.1) is 16.0 Å². The van der Waals surface area contributed by atoms with Gasteiger partial charge >= 0.3 is 6.03 Å². The minimum absolute atomic E-state index is 0.104. The van der Waals surface area contributed by atoms with Gasteiger partial charge in [-0.15, -0.1) is 0 Å². The Morgan fingerprint density at radius 2 is 1.64 bits per heavy atom. The van der Waals surface area contributed by atoms with Crippen molar-refractivity contribution in [2.75, 3.05) is 0 Å². The minimum atomic E-state index is -1.63. The number of nitrogens with zero attached hydrogens (tertiary/aromatic N) is 1. The Bertz CT molecular complexity index is 687. The van der Waals surface area contributed by atoms with Gasteiger partial charge in [-0.3, -0.25) is 35.1 Å². The summed E-state index contributed by atoms with van der Waals surface area (Å²) < 4.78 is 0. The number of hydrogen-bond acceptors (Lipinski definition) is 6. The molecule has 0 spiro atoms. The summed E-state index contributed by atoms with van der Waals surface area (Å²) in [5, 5.41) is 14.1. The van der Waals surface area contributed by atoms with Gasteiger partial charge in [-0.25, -0.2) is 4.79 Å². The van der Waals surface area contributed by atoms with Crippen LogP contribution in [0.3, 0.4) is 0 Å². The molecule has 0 aliphatic carbocycles. The quantitative estimate of drug-likeness (QED) is 0.352. The summed E-state index contributed by atoms with van der Waals surface area (Å²) in [6, 6.07) is 4.35. The SMILES string of the molecule is O=C1NC(=O)C(C(=O)/C=C/c2ccc([N+](=O)[O-])cc2)C(=O)N1. The first-order valence-corrected chi connectivity index (χ1v) is 6.00. The average molecular weight is 303 g/mol. The number of carbonyl (C=O) groups is 4. The number of imide groups is 2. The summed E-state index contributed by atoms with van der Waals surface area (Å²) in [5.74, 6) is -4.42. The summed E-state index contributed by atoms with van der Waals surface area (Å²) in [6.07, 6.45) is 2.31. The standard InChI is InChI=1S/C13H9N3O6/c17-9(10-11(18)14-13(20)15-12(10)19)6-3-7-1-4-8(5-2-7)16(21)22/h1-6,10H,(H2,14,15,18,19,20)/b6-3+. The number of amides is 4. The molecule has 4 amide bonds. The highest BCUT2D eigenvalue weighted by atomic mass is 16.6. The van der Waals surface area contributed by atoms with Gasteiger partial charge in [-0.2, -0.15) is 0 Å². The molecule has 0 saturated carbocycles. The number of barbiturate groups is 1. The van der Waals surface area contributed by atoms with Crippen molar-refractivity contribution in [3.8, 4) is 0 Å². The van der Waals surface area contributed by atoms with Gasteiger partial charge in [-0.05, 0) is 23.8 Å². The van der Waals surface area contributed by atoms with Crippen molar-refractivity contribution in [2.45, 2.75) is 0 Å². The van der Waals surface area contributed by atoms with E-state index >= 15 is 0 Å². The molecule has 0 unspecified atom stereocenters. The molecule has 22 heavy (non-hydrogen) atoms. The number of ketones is 1. The maximum Gasteiger partial charge on any atom is 0.328 e. The van der Waals surface area contributed by atoms with E-state index in [1.807, 2.05) is 10.6 Å². The first-order chi connectivity index (χ1) is 10.4. The van der Waals surface area contributed by atoms with Gasteiger partial charge in [0.2, 0.25) is 11.8 Å². The topological polar surface area (TPSA) is 135 Å². The number of nitrogens with one attached hydrogen (secondary N) is 2. The lowest BCUT2D eigenvalue weighted by molar-refractivity contribution is -0.384. The lowest BCUT2D eigenvalue weighted by atomic mass is 9.99. The molecule has 9 heteroatoms. The Morgan fingerprint density at radius 1 is 1.09 bits per heavy atom. The smallest absolute Gasteiger partial charge is 0.293 e. The normalized spacial score (nSPS) is 15.5. The monoisotopic (exact) mass is 303 g/mol. The van der Waals surface area contributed by atoms with E-state index in [-0.39, 0.29) is 5.69 Å². The Labute approximate surface area is 123 Å². The fourth-order valence-corrected chi connectivity index (χ4v) is 1.76. The van der Waals surface area contributed by atoms with E-state index in [2.05, 4.69) is 0 Å². The van der Waals surface area contributed by atoms with Crippen molar-refractivity contribution < 1.29 is 24.1 Å². The van der Waals surface area contributed by atoms with Crippen LogP contribution >= 0.6 is 0 Å². The second-order valence-corrected chi connectivity index (χ2v) is 4.32. The number of allylic oxidation sites excluding steroid dienone is 1. The lowest BCUT2D eigenvalue weighted by Crippen LogP contribution is -2.57. The highest BCUT2D eigenvalue weighted by Gasteiger charge is 2.38. The Kier molecular flexibility index (Phi) is 4.07. The fraction of sp³-hybridized carbons (Fsp3) is 0.0769. The van der Waals surface area contributed by atoms with Crippen molar-refractivity contribution in [3.05, 3.63) is 46.0 Å². The van der Waals surface area contributed by atoms with E-state index in [4.69, 9.17) is 0 Å². The van der Waals surface area contributed by atoms with Crippen LogP contribution in [0.1, 0.15) is 5.56 Å². The van der Waals surface area contributed by atoms with Gasteiger partial charge in [0.05, 0.1) is 4.92 Å². The zero-order valence-corrected chi connectivity index (χ0v) is 10.9. The van der Waals surface area contributed by atoms with E-state index in [1.165, 1.54) is 30.3 Å². The fourth-order valence-electron chi connectivity index (χ4n) is 1.76. The Hall–Kier alpha value is -3.36. The van der Waals surface area contributed by atoms with Crippen molar-refractivity contribution in [2.24, 2.45) is 5.92 Å². The summed E-state index contributed by atoms with van der Waals surface area (Å²) in [7, 11) is 0. The molecule has 9 nitrogen and oxygen atoms in total. The van der Waals surface area contributed by atoms with Crippen molar-refractivity contribution in [3.63, 3.8) is 0 Å². The van der Waals surface area contributed by atoms with E-state index in [0.717, 1.165) is 6.08 Å². The van der Waals surface area contributed by atoms with Crippen molar-refractivity contribution in [1.82, 2.24) is 10.6 Å². The van der Waals surface area contributed by atoms with Crippen LogP contribution in [-0.4, -0.2) is 28.6 Å². The largest absolute Gasteiger partial charge is 0.328 e. The number of carbonyl (C=O) groups excluding carboxylic acids is 4. The first kappa shape index (κ1) is 15.0. The van der Waals surface area contributed by atoms with Crippen LogP contribution in [0.15, 0.2) is 30.3 Å². The third-order valence-corrected chi connectivity index (χ3v) is 2.83. The number of benzene rings is 1. The van der Waals surface area contributed by atoms with Crippen LogP contribution in [0.2, 0.25) is 0 Å². The average Bonchev–Trinajstić information content (AvgIpc) is 2.44. The summed E-state index contributed by atoms with van der Waals surface area (Å²) >= 11 is 0. The maximum atomic E-state index is 11.8. The number of rotatable bonds is 4. The lowest BCUT2D eigenvalue weighted by Gasteiger charge is -2.18. The minimum Gasteiger partial charge on any atom is -0.293 e. The van der Waals surface area contributed by atoms with Gasteiger partial charge < -0.3 is 0 Å². The van der Waals surface area contributed by atoms with E-state index in [0.29, 0.717) is 5.56 Å². The first-order valence-electron chi connectivity index (χ1n) is 6.00. The summed E-state index contributed by atoms with van der Waals surface area (Å²) in [4.78, 5) is 55.6. The van der Waals surface area contributed by atoms with Gasteiger partial charge in [0.1, 0.15) is 0 Å². The predicted octanol–water partition coefficient (Wildman–Crippen LogP) is 0.159. The molecule has 1 fully saturated rings. The van der Waals surface area contributed by atoms with Crippen LogP contribution in [0.25, 0.3) is 6.08 Å². The summed E-state index contributed by atoms with van der Waals surface area (Å²) in [6.45, 7) is 0. The van der Waals surface area contributed by atoms with Gasteiger partial charge in [0.25, 0.3) is 5.69 Å². The molecular formula is C13H9N3O6. The maximum absolute atomic E-state index is 11.8. The number of non-ortho nitro benzene ring substituents is 1. The number of nitro groups is 1. The zero-order valence-electron chi connectivity index (χ0n) is 10.9. The highest BCUT2D eigenvalue weighted by molar-refractivity contribution is 6.28. The molecule has 2 N–H and O–H groups in total. The van der Waals surface area contributed by atoms with Crippen LogP contribution in [0.5, 0.6) is 0 Å². The Balaban J connectivity index is 2.10. The zero-order chi connectivity index (χ0) is 16.3. The molecule has 1 aliphatic rings. The number of hydrogen-bond donors (Lipinski definition) is 2. The molecule has 1 saturated heterocycles. The van der Waals surface area contributed by atoms with E-state index < -0.39 is 34.5 Å². The number of urea groups is 1. The predicted molar refractivity (Wildman–Crippen MR) is 72.3 cm³/mol. The van der Waals surface area contributed by atoms with Gasteiger partial charge in [-0.1, -0.05) is 6.08 Å². The van der Waals surface area contributed by atoms with Crippen LogP contribution < -0.4 is 10.6 Å². The second kappa shape index (κ2) is 5.95. The van der Waals surface area contributed by atoms with Crippen molar-refractivity contribution >= 4 is 35.4 Å². The molecular weight excluding hydrogens is 294 g/mol. The van der Waals surface area contributed by atoms with Crippen molar-refractivity contribution in [1.29, 1.82) is 0 Å². The summed E-state index contributed by atoms with van der Waals surface area (Å²) in [5.41, 5.74) is 0.375. The molecule has 0 bridgehead atoms. The molecule has 112 valence electrons. The molecule has 0 radical (unpaired) electrons. The second-order valence-electron chi connectivity index (χ2n) is 4.32. The van der Waals surface area contributed by atoms with Gasteiger partial charge in [0, 0.05) is 12.1 Å². The molecule has 0 aromatic heterocycles. The van der Waals surface area contributed by atoms with E-state index in [9.17, 15) is 29.3 Å². The molecule has 1 heterocycles. The highest BCUT2D eigenvalue weighted by Crippen LogP contribution is 2.13. The molecule has 1 aromatic carbocycles. The van der Waals surface area contributed by atoms with E-state index in [1.54, 1.807) is 0 Å². The third kappa shape index (κ3) is 3.20.